The van der Waals surface area contributed by atoms with E-state index in [4.69, 9.17) is 23.2 Å². The van der Waals surface area contributed by atoms with Crippen molar-refractivity contribution in [3.05, 3.63) is 28.0 Å². The third-order valence-corrected chi connectivity index (χ3v) is 4.84. The van der Waals surface area contributed by atoms with Crippen LogP contribution in [0.25, 0.3) is 0 Å². The molecule has 2 aliphatic rings. The zero-order valence-corrected chi connectivity index (χ0v) is 13.1. The van der Waals surface area contributed by atoms with Gasteiger partial charge in [0.15, 0.2) is 0 Å². The first-order valence-electron chi connectivity index (χ1n) is 7.47. The second-order valence-corrected chi connectivity index (χ2v) is 6.75. The summed E-state index contributed by atoms with van der Waals surface area (Å²) in [6.07, 6.45) is 7.04. The maximum atomic E-state index is 6.28. The van der Waals surface area contributed by atoms with Gasteiger partial charge in [-0.2, -0.15) is 0 Å². The zero-order chi connectivity index (χ0) is 13.9. The van der Waals surface area contributed by atoms with Gasteiger partial charge in [-0.15, -0.1) is 0 Å². The van der Waals surface area contributed by atoms with Crippen LogP contribution < -0.4 is 5.32 Å². The molecule has 0 radical (unpaired) electrons. The molecule has 1 saturated carbocycles. The highest BCUT2D eigenvalue weighted by molar-refractivity contribution is 6.34. The quantitative estimate of drug-likeness (QED) is 0.845. The number of nitrogens with one attached hydrogen (secondary N) is 1. The molecular formula is C15H21Cl2N3. The molecule has 2 heterocycles. The lowest BCUT2D eigenvalue weighted by molar-refractivity contribution is 0.190. The molecule has 1 aliphatic heterocycles. The molecule has 3 rings (SSSR count). The molecule has 2 fully saturated rings. The Labute approximate surface area is 130 Å². The molecule has 5 heteroatoms. The summed E-state index contributed by atoms with van der Waals surface area (Å²) in [6, 6.07) is 2.49. The first-order chi connectivity index (χ1) is 9.72. The Morgan fingerprint density at radius 3 is 2.60 bits per heavy atom. The number of halogens is 2. The maximum Gasteiger partial charge on any atom is 0.130 e. The number of piperidine rings is 1. The minimum atomic E-state index is 0.468. The Morgan fingerprint density at radius 2 is 1.95 bits per heavy atom. The molecule has 0 aromatic carbocycles. The molecule has 3 nitrogen and oxygen atoms in total. The molecule has 20 heavy (non-hydrogen) atoms. The predicted octanol–water partition coefficient (Wildman–Crippen LogP) is 3.35. The van der Waals surface area contributed by atoms with Gasteiger partial charge in [-0.1, -0.05) is 23.2 Å². The van der Waals surface area contributed by atoms with Crippen LogP contribution >= 0.6 is 23.2 Å². The topological polar surface area (TPSA) is 28.2 Å². The van der Waals surface area contributed by atoms with E-state index in [-0.39, 0.29) is 0 Å². The van der Waals surface area contributed by atoms with Crippen molar-refractivity contribution in [1.29, 1.82) is 0 Å². The lowest BCUT2D eigenvalue weighted by Crippen LogP contribution is -2.37. The van der Waals surface area contributed by atoms with Gasteiger partial charge in [0.1, 0.15) is 5.15 Å². The number of hydrogen-bond acceptors (Lipinski definition) is 3. The van der Waals surface area contributed by atoms with E-state index in [1.165, 1.54) is 32.2 Å². The van der Waals surface area contributed by atoms with Crippen LogP contribution in [0.2, 0.25) is 10.2 Å². The van der Waals surface area contributed by atoms with Gasteiger partial charge >= 0.3 is 0 Å². The van der Waals surface area contributed by atoms with E-state index in [1.54, 1.807) is 6.07 Å². The summed E-state index contributed by atoms with van der Waals surface area (Å²) >= 11 is 12.1. The van der Waals surface area contributed by atoms with E-state index in [0.717, 1.165) is 42.2 Å². The average Bonchev–Trinajstić information content (AvgIpc) is 3.26. The standard InChI is InChI=1S/C15H21Cl2N3/c16-14-7-15(17)19-8-12(14)10-20(13-1-2-13)9-11-3-5-18-6-4-11/h7-8,11,13,18H,1-6,9-10H2. The van der Waals surface area contributed by atoms with E-state index in [0.29, 0.717) is 5.15 Å². The van der Waals surface area contributed by atoms with Crippen LogP contribution in [-0.4, -0.2) is 35.6 Å². The van der Waals surface area contributed by atoms with Crippen LogP contribution in [0, 0.1) is 5.92 Å². The summed E-state index contributed by atoms with van der Waals surface area (Å²) in [7, 11) is 0. The summed E-state index contributed by atoms with van der Waals surface area (Å²) in [6.45, 7) is 4.40. The molecule has 1 aromatic heterocycles. The van der Waals surface area contributed by atoms with Crippen molar-refractivity contribution < 1.29 is 0 Å². The lowest BCUT2D eigenvalue weighted by Gasteiger charge is -2.30. The summed E-state index contributed by atoms with van der Waals surface area (Å²) in [5.74, 6) is 0.816. The van der Waals surface area contributed by atoms with Crippen LogP contribution in [0.4, 0.5) is 0 Å². The first kappa shape index (κ1) is 14.6. The molecule has 1 N–H and O–H groups in total. The molecule has 1 aromatic rings. The van der Waals surface area contributed by atoms with E-state index >= 15 is 0 Å². The SMILES string of the molecule is Clc1cc(Cl)c(CN(CC2CCNCC2)C2CC2)cn1. The second kappa shape index (κ2) is 6.61. The minimum Gasteiger partial charge on any atom is -0.317 e. The summed E-state index contributed by atoms with van der Waals surface area (Å²) < 4.78 is 0. The third kappa shape index (κ3) is 3.85. The molecule has 0 spiro atoms. The number of rotatable bonds is 5. The zero-order valence-electron chi connectivity index (χ0n) is 11.6. The molecule has 0 unspecified atom stereocenters. The van der Waals surface area contributed by atoms with Crippen molar-refractivity contribution in [3.63, 3.8) is 0 Å². The molecule has 1 aliphatic carbocycles. The van der Waals surface area contributed by atoms with Crippen LogP contribution in [0.15, 0.2) is 12.3 Å². The summed E-state index contributed by atoms with van der Waals surface area (Å²) in [4.78, 5) is 6.75. The number of pyridine rings is 1. The molecule has 110 valence electrons. The Bertz CT molecular complexity index is 456. The predicted molar refractivity (Wildman–Crippen MR) is 83.3 cm³/mol. The smallest absolute Gasteiger partial charge is 0.130 e. The number of hydrogen-bond donors (Lipinski definition) is 1. The van der Waals surface area contributed by atoms with E-state index in [9.17, 15) is 0 Å². The Hall–Kier alpha value is -0.350. The van der Waals surface area contributed by atoms with Crippen molar-refractivity contribution in [3.8, 4) is 0 Å². The Morgan fingerprint density at radius 1 is 1.20 bits per heavy atom. The van der Waals surface area contributed by atoms with Gasteiger partial charge < -0.3 is 5.32 Å². The first-order valence-corrected chi connectivity index (χ1v) is 8.22. The molecule has 0 amide bonds. The van der Waals surface area contributed by atoms with Gasteiger partial charge in [0.05, 0.1) is 0 Å². The number of aromatic nitrogens is 1. The van der Waals surface area contributed by atoms with Crippen LogP contribution in [-0.2, 0) is 6.54 Å². The largest absolute Gasteiger partial charge is 0.317 e. The lowest BCUT2D eigenvalue weighted by atomic mass is 9.97. The molecule has 0 bridgehead atoms. The second-order valence-electron chi connectivity index (χ2n) is 5.95. The highest BCUT2D eigenvalue weighted by atomic mass is 35.5. The molecular weight excluding hydrogens is 293 g/mol. The fourth-order valence-corrected chi connectivity index (χ4v) is 3.37. The monoisotopic (exact) mass is 313 g/mol. The van der Waals surface area contributed by atoms with Crippen LogP contribution in [0.3, 0.4) is 0 Å². The van der Waals surface area contributed by atoms with Gasteiger partial charge in [0.25, 0.3) is 0 Å². The van der Waals surface area contributed by atoms with Crippen LogP contribution in [0.1, 0.15) is 31.2 Å². The fraction of sp³-hybridized carbons (Fsp3) is 0.667. The third-order valence-electron chi connectivity index (χ3n) is 4.28. The van der Waals surface area contributed by atoms with Crippen molar-refractivity contribution >= 4 is 23.2 Å². The van der Waals surface area contributed by atoms with Gasteiger partial charge in [-0.3, -0.25) is 4.90 Å². The van der Waals surface area contributed by atoms with Crippen molar-refractivity contribution in [2.75, 3.05) is 19.6 Å². The van der Waals surface area contributed by atoms with Gasteiger partial charge in [0, 0.05) is 35.9 Å². The number of nitrogens with zero attached hydrogens (tertiary/aromatic N) is 2. The minimum absolute atomic E-state index is 0.468. The average molecular weight is 314 g/mol. The van der Waals surface area contributed by atoms with Gasteiger partial charge in [-0.05, 0) is 50.8 Å². The van der Waals surface area contributed by atoms with E-state index < -0.39 is 0 Å². The Balaban J connectivity index is 1.64. The highest BCUT2D eigenvalue weighted by Gasteiger charge is 2.31. The summed E-state index contributed by atoms with van der Waals surface area (Å²) in [5, 5.41) is 4.64. The maximum absolute atomic E-state index is 6.28. The van der Waals surface area contributed by atoms with E-state index in [1.807, 2.05) is 6.20 Å². The Kier molecular flexibility index (Phi) is 4.82. The van der Waals surface area contributed by atoms with Crippen molar-refractivity contribution in [2.24, 2.45) is 5.92 Å². The van der Waals surface area contributed by atoms with E-state index in [2.05, 4.69) is 15.2 Å². The van der Waals surface area contributed by atoms with Gasteiger partial charge in [-0.25, -0.2) is 4.98 Å². The van der Waals surface area contributed by atoms with Crippen molar-refractivity contribution in [1.82, 2.24) is 15.2 Å². The fourth-order valence-electron chi connectivity index (χ4n) is 2.95. The molecule has 1 saturated heterocycles. The van der Waals surface area contributed by atoms with Gasteiger partial charge in [0.2, 0.25) is 0 Å². The molecule has 0 atom stereocenters. The highest BCUT2D eigenvalue weighted by Crippen LogP contribution is 2.31. The van der Waals surface area contributed by atoms with Crippen LogP contribution in [0.5, 0.6) is 0 Å². The van der Waals surface area contributed by atoms with Crippen molar-refractivity contribution in [2.45, 2.75) is 38.3 Å². The normalized spacial score (nSPS) is 20.6. The summed E-state index contributed by atoms with van der Waals surface area (Å²) in [5.41, 5.74) is 1.09.